The lowest BCUT2D eigenvalue weighted by molar-refractivity contribution is 0.281. The van der Waals surface area contributed by atoms with Gasteiger partial charge in [0.15, 0.2) is 0 Å². The molecule has 3 N–H and O–H groups in total. The summed E-state index contributed by atoms with van der Waals surface area (Å²) in [5, 5.41) is 3.63. The van der Waals surface area contributed by atoms with Gasteiger partial charge in [-0.25, -0.2) is 0 Å². The van der Waals surface area contributed by atoms with Crippen LogP contribution in [0.5, 0.6) is 0 Å². The highest BCUT2D eigenvalue weighted by Crippen LogP contribution is 2.26. The third kappa shape index (κ3) is 4.43. The third-order valence-corrected chi connectivity index (χ3v) is 3.45. The molecule has 2 nitrogen and oxygen atoms in total. The largest absolute Gasteiger partial charge is 0.330 e. The molecule has 1 saturated carbocycles. The Balaban J connectivity index is 2.04. The molecule has 1 rings (SSSR count). The van der Waals surface area contributed by atoms with E-state index in [2.05, 4.69) is 12.2 Å². The summed E-state index contributed by atoms with van der Waals surface area (Å²) in [6.07, 6.45) is 9.60. The molecule has 1 aliphatic rings. The van der Waals surface area contributed by atoms with Crippen LogP contribution in [-0.2, 0) is 0 Å². The van der Waals surface area contributed by atoms with Gasteiger partial charge in [0, 0.05) is 6.04 Å². The summed E-state index contributed by atoms with van der Waals surface area (Å²) >= 11 is 0. The van der Waals surface area contributed by atoms with Crippen molar-refractivity contribution in [3.05, 3.63) is 0 Å². The molecule has 0 saturated heterocycles. The van der Waals surface area contributed by atoms with Gasteiger partial charge in [0.1, 0.15) is 0 Å². The van der Waals surface area contributed by atoms with E-state index in [1.807, 2.05) is 0 Å². The van der Waals surface area contributed by atoms with E-state index in [0.29, 0.717) is 6.04 Å². The van der Waals surface area contributed by atoms with Crippen LogP contribution in [-0.4, -0.2) is 19.1 Å². The van der Waals surface area contributed by atoms with E-state index in [1.165, 1.54) is 38.5 Å². The van der Waals surface area contributed by atoms with Gasteiger partial charge in [-0.15, -0.1) is 0 Å². The van der Waals surface area contributed by atoms with E-state index in [9.17, 15) is 0 Å². The number of rotatable bonds is 6. The summed E-state index contributed by atoms with van der Waals surface area (Å²) in [7, 11) is 0. The zero-order chi connectivity index (χ0) is 10.2. The third-order valence-electron chi connectivity index (χ3n) is 3.45. The molecule has 0 aromatic heterocycles. The summed E-state index contributed by atoms with van der Waals surface area (Å²) < 4.78 is 0. The number of nitrogens with two attached hydrogens (primary N) is 1. The molecule has 14 heavy (non-hydrogen) atoms. The number of hydrogen-bond donors (Lipinski definition) is 2. The molecule has 0 radical (unpaired) electrons. The maximum absolute atomic E-state index is 5.46. The molecule has 1 fully saturated rings. The molecular formula is C12H26N2. The summed E-state index contributed by atoms with van der Waals surface area (Å²) in [6.45, 7) is 4.33. The minimum Gasteiger partial charge on any atom is -0.330 e. The van der Waals surface area contributed by atoms with Crippen molar-refractivity contribution in [2.24, 2.45) is 11.7 Å². The summed E-state index contributed by atoms with van der Waals surface area (Å²) in [6, 6.07) is 0.716. The molecule has 1 unspecified atom stereocenters. The lowest BCUT2D eigenvalue weighted by Crippen LogP contribution is -2.35. The van der Waals surface area contributed by atoms with Crippen LogP contribution in [0, 0.1) is 5.92 Å². The molecule has 2 heteroatoms. The summed E-state index contributed by atoms with van der Waals surface area (Å²) in [5.41, 5.74) is 5.46. The van der Waals surface area contributed by atoms with Crippen molar-refractivity contribution in [2.45, 2.75) is 57.9 Å². The van der Waals surface area contributed by atoms with Crippen molar-refractivity contribution < 1.29 is 0 Å². The van der Waals surface area contributed by atoms with Crippen molar-refractivity contribution in [1.82, 2.24) is 5.32 Å². The molecule has 1 aliphatic carbocycles. The number of nitrogens with one attached hydrogen (secondary N) is 1. The van der Waals surface area contributed by atoms with Gasteiger partial charge in [0.05, 0.1) is 0 Å². The van der Waals surface area contributed by atoms with Gasteiger partial charge >= 0.3 is 0 Å². The lowest BCUT2D eigenvalue weighted by atomic mass is 9.84. The fraction of sp³-hybridized carbons (Fsp3) is 1.00. The van der Waals surface area contributed by atoms with E-state index in [1.54, 1.807) is 0 Å². The molecule has 84 valence electrons. The molecule has 0 amide bonds. The highest BCUT2D eigenvalue weighted by molar-refractivity contribution is 4.75. The predicted octanol–water partition coefficient (Wildman–Crippen LogP) is 2.28. The zero-order valence-electron chi connectivity index (χ0n) is 9.60. The SMILES string of the molecule is CC(NCCCCN)C1CCCCC1. The Morgan fingerprint density at radius 3 is 2.57 bits per heavy atom. The first-order valence-corrected chi connectivity index (χ1v) is 6.28. The van der Waals surface area contributed by atoms with Gasteiger partial charge in [0.2, 0.25) is 0 Å². The molecule has 0 aromatic carbocycles. The lowest BCUT2D eigenvalue weighted by Gasteiger charge is -2.28. The van der Waals surface area contributed by atoms with E-state index in [-0.39, 0.29) is 0 Å². The van der Waals surface area contributed by atoms with Gasteiger partial charge in [0.25, 0.3) is 0 Å². The van der Waals surface area contributed by atoms with Gasteiger partial charge in [-0.2, -0.15) is 0 Å². The van der Waals surface area contributed by atoms with Crippen molar-refractivity contribution >= 4 is 0 Å². The number of unbranched alkanes of at least 4 members (excludes halogenated alkanes) is 1. The molecule has 1 atom stereocenters. The smallest absolute Gasteiger partial charge is 0.00669 e. The average molecular weight is 198 g/mol. The summed E-state index contributed by atoms with van der Waals surface area (Å²) in [4.78, 5) is 0. The van der Waals surface area contributed by atoms with Gasteiger partial charge < -0.3 is 11.1 Å². The Labute approximate surface area is 88.6 Å². The topological polar surface area (TPSA) is 38.0 Å². The van der Waals surface area contributed by atoms with Crippen LogP contribution in [0.4, 0.5) is 0 Å². The van der Waals surface area contributed by atoms with E-state index in [4.69, 9.17) is 5.73 Å². The van der Waals surface area contributed by atoms with Gasteiger partial charge in [-0.3, -0.25) is 0 Å². The fourth-order valence-electron chi connectivity index (χ4n) is 2.40. The predicted molar refractivity (Wildman–Crippen MR) is 62.3 cm³/mol. The van der Waals surface area contributed by atoms with Crippen molar-refractivity contribution in [3.63, 3.8) is 0 Å². The molecule has 0 aromatic rings. The van der Waals surface area contributed by atoms with Gasteiger partial charge in [-0.1, -0.05) is 19.3 Å². The molecule has 0 heterocycles. The summed E-state index contributed by atoms with van der Waals surface area (Å²) in [5.74, 6) is 0.932. The first-order valence-electron chi connectivity index (χ1n) is 6.28. The average Bonchev–Trinajstić information content (AvgIpc) is 2.25. The minimum atomic E-state index is 0.716. The second-order valence-corrected chi connectivity index (χ2v) is 4.64. The standard InChI is InChI=1S/C12H26N2/c1-11(14-10-6-5-9-13)12-7-3-2-4-8-12/h11-12,14H,2-10,13H2,1H3. The molecule has 0 spiro atoms. The molecule has 0 aliphatic heterocycles. The van der Waals surface area contributed by atoms with Crippen LogP contribution in [0.1, 0.15) is 51.9 Å². The Hall–Kier alpha value is -0.0800. The Morgan fingerprint density at radius 2 is 1.93 bits per heavy atom. The van der Waals surface area contributed by atoms with Crippen LogP contribution >= 0.6 is 0 Å². The Bertz CT molecular complexity index is 130. The Morgan fingerprint density at radius 1 is 1.21 bits per heavy atom. The van der Waals surface area contributed by atoms with E-state index < -0.39 is 0 Å². The maximum atomic E-state index is 5.46. The highest BCUT2D eigenvalue weighted by atomic mass is 14.9. The Kier molecular flexibility index (Phi) is 6.20. The van der Waals surface area contributed by atoms with Crippen molar-refractivity contribution in [1.29, 1.82) is 0 Å². The zero-order valence-corrected chi connectivity index (χ0v) is 9.60. The highest BCUT2D eigenvalue weighted by Gasteiger charge is 2.18. The van der Waals surface area contributed by atoms with Crippen LogP contribution in [0.15, 0.2) is 0 Å². The quantitative estimate of drug-likeness (QED) is 0.643. The first-order chi connectivity index (χ1) is 6.84. The van der Waals surface area contributed by atoms with Crippen LogP contribution in [0.3, 0.4) is 0 Å². The normalized spacial score (nSPS) is 21.0. The van der Waals surface area contributed by atoms with E-state index in [0.717, 1.165) is 25.4 Å². The molecular weight excluding hydrogens is 172 g/mol. The second kappa shape index (κ2) is 7.24. The minimum absolute atomic E-state index is 0.716. The van der Waals surface area contributed by atoms with Crippen LogP contribution in [0.2, 0.25) is 0 Å². The van der Waals surface area contributed by atoms with Crippen LogP contribution in [0.25, 0.3) is 0 Å². The maximum Gasteiger partial charge on any atom is 0.00669 e. The number of hydrogen-bond acceptors (Lipinski definition) is 2. The van der Waals surface area contributed by atoms with E-state index >= 15 is 0 Å². The first kappa shape index (κ1) is 12.0. The fourth-order valence-corrected chi connectivity index (χ4v) is 2.40. The molecule has 0 bridgehead atoms. The second-order valence-electron chi connectivity index (χ2n) is 4.64. The monoisotopic (exact) mass is 198 g/mol. The van der Waals surface area contributed by atoms with Crippen molar-refractivity contribution in [2.75, 3.05) is 13.1 Å². The van der Waals surface area contributed by atoms with Crippen molar-refractivity contribution in [3.8, 4) is 0 Å². The van der Waals surface area contributed by atoms with Crippen LogP contribution < -0.4 is 11.1 Å². The van der Waals surface area contributed by atoms with Gasteiger partial charge in [-0.05, 0) is 51.6 Å².